The Balaban J connectivity index is 2.59. The third-order valence-electron chi connectivity index (χ3n) is 2.01. The maximum absolute atomic E-state index is 12.6. The lowest BCUT2D eigenvalue weighted by Crippen LogP contribution is -2.22. The minimum absolute atomic E-state index is 0.0512. The average molecular weight is 231 g/mol. The third-order valence-corrected chi connectivity index (χ3v) is 3.05. The number of halogens is 1. The van der Waals surface area contributed by atoms with Crippen LogP contribution in [0.4, 0.5) is 4.39 Å². The van der Waals surface area contributed by atoms with E-state index in [-0.39, 0.29) is 17.5 Å². The Morgan fingerprint density at radius 3 is 2.33 bits per heavy atom. The van der Waals surface area contributed by atoms with Crippen molar-refractivity contribution in [2.45, 2.75) is 13.3 Å². The summed E-state index contributed by atoms with van der Waals surface area (Å²) in [6.07, 6.45) is 0.580. The highest BCUT2D eigenvalue weighted by atomic mass is 32.2. The molecule has 0 aliphatic carbocycles. The van der Waals surface area contributed by atoms with Crippen molar-refractivity contribution in [3.8, 4) is 0 Å². The van der Waals surface area contributed by atoms with Crippen molar-refractivity contribution >= 4 is 10.0 Å². The van der Waals surface area contributed by atoms with Gasteiger partial charge < -0.3 is 0 Å². The molecule has 1 atom stereocenters. The van der Waals surface area contributed by atoms with Gasteiger partial charge in [-0.05, 0) is 30.0 Å². The molecule has 1 unspecified atom stereocenters. The molecule has 0 aliphatic heterocycles. The highest BCUT2D eigenvalue weighted by Crippen LogP contribution is 2.10. The van der Waals surface area contributed by atoms with Crippen LogP contribution in [0.1, 0.15) is 12.5 Å². The molecule has 0 heterocycles. The SMILES string of the molecule is CC(Cc1ccc(F)cc1)CS(N)(=O)=O. The molecule has 1 aromatic carbocycles. The molecule has 0 bridgehead atoms. The second kappa shape index (κ2) is 4.72. The van der Waals surface area contributed by atoms with Crippen LogP contribution in [0.15, 0.2) is 24.3 Å². The highest BCUT2D eigenvalue weighted by Gasteiger charge is 2.11. The van der Waals surface area contributed by atoms with E-state index in [1.54, 1.807) is 19.1 Å². The second-order valence-electron chi connectivity index (χ2n) is 3.77. The summed E-state index contributed by atoms with van der Waals surface area (Å²) in [6, 6.07) is 6.02. The maximum Gasteiger partial charge on any atom is 0.209 e. The molecule has 2 N–H and O–H groups in total. The van der Waals surface area contributed by atoms with Gasteiger partial charge in [0.1, 0.15) is 5.82 Å². The van der Waals surface area contributed by atoms with E-state index in [0.717, 1.165) is 5.56 Å². The van der Waals surface area contributed by atoms with Gasteiger partial charge in [-0.1, -0.05) is 19.1 Å². The van der Waals surface area contributed by atoms with Crippen LogP contribution in [-0.4, -0.2) is 14.2 Å². The summed E-state index contributed by atoms with van der Waals surface area (Å²) in [5.74, 6) is -0.409. The summed E-state index contributed by atoms with van der Waals surface area (Å²) in [6.45, 7) is 1.80. The molecule has 0 aliphatic rings. The predicted molar refractivity (Wildman–Crippen MR) is 57.2 cm³/mol. The van der Waals surface area contributed by atoms with Gasteiger partial charge in [0.15, 0.2) is 0 Å². The Kier molecular flexibility index (Phi) is 3.82. The van der Waals surface area contributed by atoms with Gasteiger partial charge in [-0.2, -0.15) is 0 Å². The second-order valence-corrected chi connectivity index (χ2v) is 5.42. The van der Waals surface area contributed by atoms with Crippen molar-refractivity contribution in [2.75, 3.05) is 5.75 Å². The Morgan fingerprint density at radius 2 is 1.87 bits per heavy atom. The van der Waals surface area contributed by atoms with Crippen LogP contribution in [0.3, 0.4) is 0 Å². The first-order valence-corrected chi connectivity index (χ1v) is 6.33. The average Bonchev–Trinajstić information content (AvgIpc) is 2.05. The molecule has 0 amide bonds. The first-order chi connectivity index (χ1) is 6.87. The fourth-order valence-corrected chi connectivity index (χ4v) is 2.39. The summed E-state index contributed by atoms with van der Waals surface area (Å²) in [7, 11) is -3.43. The lowest BCUT2D eigenvalue weighted by atomic mass is 10.0. The predicted octanol–water partition coefficient (Wildman–Crippen LogP) is 1.29. The Hall–Kier alpha value is -0.940. The molecule has 1 aromatic rings. The van der Waals surface area contributed by atoms with Crippen LogP contribution in [0.5, 0.6) is 0 Å². The Labute approximate surface area is 89.2 Å². The van der Waals surface area contributed by atoms with Gasteiger partial charge in [0.2, 0.25) is 10.0 Å². The molecular weight excluding hydrogens is 217 g/mol. The van der Waals surface area contributed by atoms with E-state index >= 15 is 0 Å². The van der Waals surface area contributed by atoms with Crippen molar-refractivity contribution < 1.29 is 12.8 Å². The van der Waals surface area contributed by atoms with Crippen LogP contribution in [0.2, 0.25) is 0 Å². The van der Waals surface area contributed by atoms with Gasteiger partial charge in [0.25, 0.3) is 0 Å². The van der Waals surface area contributed by atoms with E-state index in [1.807, 2.05) is 0 Å². The largest absolute Gasteiger partial charge is 0.229 e. The molecule has 84 valence electrons. The molecule has 0 spiro atoms. The Bertz CT molecular complexity index is 414. The molecule has 0 saturated carbocycles. The fraction of sp³-hybridized carbons (Fsp3) is 0.400. The lowest BCUT2D eigenvalue weighted by Gasteiger charge is -2.09. The van der Waals surface area contributed by atoms with Crippen molar-refractivity contribution in [2.24, 2.45) is 11.1 Å². The number of primary sulfonamides is 1. The normalized spacial score (nSPS) is 13.8. The number of sulfonamides is 1. The van der Waals surface area contributed by atoms with Gasteiger partial charge in [-0.15, -0.1) is 0 Å². The monoisotopic (exact) mass is 231 g/mol. The van der Waals surface area contributed by atoms with Crippen LogP contribution >= 0.6 is 0 Å². The summed E-state index contributed by atoms with van der Waals surface area (Å²) in [4.78, 5) is 0. The zero-order valence-electron chi connectivity index (χ0n) is 8.48. The van der Waals surface area contributed by atoms with Crippen molar-refractivity contribution in [3.05, 3.63) is 35.6 Å². The van der Waals surface area contributed by atoms with Crippen LogP contribution in [0.25, 0.3) is 0 Å². The zero-order valence-corrected chi connectivity index (χ0v) is 9.30. The number of hydrogen-bond acceptors (Lipinski definition) is 2. The molecule has 15 heavy (non-hydrogen) atoms. The van der Waals surface area contributed by atoms with Crippen LogP contribution in [0, 0.1) is 11.7 Å². The van der Waals surface area contributed by atoms with Crippen LogP contribution < -0.4 is 5.14 Å². The number of benzene rings is 1. The van der Waals surface area contributed by atoms with E-state index in [4.69, 9.17) is 5.14 Å². The summed E-state index contributed by atoms with van der Waals surface area (Å²) in [5.41, 5.74) is 0.910. The van der Waals surface area contributed by atoms with Crippen molar-refractivity contribution in [1.82, 2.24) is 0 Å². The Morgan fingerprint density at radius 1 is 1.33 bits per heavy atom. The van der Waals surface area contributed by atoms with Gasteiger partial charge >= 0.3 is 0 Å². The van der Waals surface area contributed by atoms with E-state index in [9.17, 15) is 12.8 Å². The standard InChI is InChI=1S/C10H14FNO2S/c1-8(7-15(12,13)14)6-9-2-4-10(11)5-3-9/h2-5,8H,6-7H2,1H3,(H2,12,13,14). The summed E-state index contributed by atoms with van der Waals surface area (Å²) >= 11 is 0. The molecule has 0 fully saturated rings. The highest BCUT2D eigenvalue weighted by molar-refractivity contribution is 7.89. The number of rotatable bonds is 4. The van der Waals surface area contributed by atoms with E-state index < -0.39 is 10.0 Å². The number of nitrogens with two attached hydrogens (primary N) is 1. The number of hydrogen-bond donors (Lipinski definition) is 1. The first kappa shape index (κ1) is 12.1. The topological polar surface area (TPSA) is 60.2 Å². The maximum atomic E-state index is 12.6. The fourth-order valence-electron chi connectivity index (χ4n) is 1.48. The van der Waals surface area contributed by atoms with E-state index in [0.29, 0.717) is 6.42 Å². The van der Waals surface area contributed by atoms with Crippen LogP contribution in [-0.2, 0) is 16.4 Å². The zero-order chi connectivity index (χ0) is 11.5. The third kappa shape index (κ3) is 4.90. The molecule has 0 radical (unpaired) electrons. The van der Waals surface area contributed by atoms with E-state index in [2.05, 4.69) is 0 Å². The molecule has 0 aromatic heterocycles. The molecule has 1 rings (SSSR count). The smallest absolute Gasteiger partial charge is 0.209 e. The van der Waals surface area contributed by atoms with Gasteiger partial charge in [-0.3, -0.25) is 0 Å². The first-order valence-electron chi connectivity index (χ1n) is 4.62. The summed E-state index contributed by atoms with van der Waals surface area (Å²) < 4.78 is 34.2. The molecule has 3 nitrogen and oxygen atoms in total. The quantitative estimate of drug-likeness (QED) is 0.848. The minimum Gasteiger partial charge on any atom is -0.229 e. The lowest BCUT2D eigenvalue weighted by molar-refractivity contribution is 0.570. The van der Waals surface area contributed by atoms with Crippen molar-refractivity contribution in [3.63, 3.8) is 0 Å². The van der Waals surface area contributed by atoms with Gasteiger partial charge in [-0.25, -0.2) is 17.9 Å². The minimum atomic E-state index is -3.43. The molecular formula is C10H14FNO2S. The van der Waals surface area contributed by atoms with Crippen molar-refractivity contribution in [1.29, 1.82) is 0 Å². The summed E-state index contributed by atoms with van der Waals surface area (Å²) in [5, 5.41) is 4.93. The van der Waals surface area contributed by atoms with Gasteiger partial charge in [0.05, 0.1) is 5.75 Å². The molecule has 5 heteroatoms. The van der Waals surface area contributed by atoms with Gasteiger partial charge in [0, 0.05) is 0 Å². The van der Waals surface area contributed by atoms with E-state index in [1.165, 1.54) is 12.1 Å². The molecule has 0 saturated heterocycles.